The number of amides is 1. The molecule has 0 aliphatic carbocycles. The number of halogens is 2. The van der Waals surface area contributed by atoms with Crippen LogP contribution in [0, 0.1) is 5.92 Å². The van der Waals surface area contributed by atoms with Crippen LogP contribution in [0.25, 0.3) is 0 Å². The second kappa shape index (κ2) is 6.99. The first-order chi connectivity index (χ1) is 7.75. The predicted octanol–water partition coefficient (Wildman–Crippen LogP) is 2.81. The summed E-state index contributed by atoms with van der Waals surface area (Å²) in [4.78, 5) is 11.9. The number of anilines is 1. The Kier molecular flexibility index (Phi) is 5.95. The summed E-state index contributed by atoms with van der Waals surface area (Å²) in [7, 11) is 0. The fraction of sp³-hybridized carbons (Fsp3) is 0.417. The van der Waals surface area contributed by atoms with Gasteiger partial charge in [-0.1, -0.05) is 22.0 Å². The Labute approximate surface area is 116 Å². The van der Waals surface area contributed by atoms with E-state index in [0.717, 1.165) is 36.1 Å². The molecule has 1 heterocycles. The Morgan fingerprint density at radius 3 is 2.94 bits per heavy atom. The molecule has 1 aliphatic rings. The molecule has 1 aromatic carbocycles. The highest BCUT2D eigenvalue weighted by Gasteiger charge is 2.20. The fourth-order valence-electron chi connectivity index (χ4n) is 1.89. The summed E-state index contributed by atoms with van der Waals surface area (Å²) < 4.78 is 0.979. The molecule has 1 aliphatic heterocycles. The molecule has 0 bridgehead atoms. The van der Waals surface area contributed by atoms with Gasteiger partial charge in [-0.2, -0.15) is 0 Å². The maximum Gasteiger partial charge on any atom is 0.228 e. The van der Waals surface area contributed by atoms with Crippen molar-refractivity contribution in [1.29, 1.82) is 0 Å². The number of carbonyl (C=O) groups is 1. The number of hydrogen-bond donors (Lipinski definition) is 2. The van der Waals surface area contributed by atoms with E-state index in [0.29, 0.717) is 0 Å². The summed E-state index contributed by atoms with van der Waals surface area (Å²) >= 11 is 3.38. The molecule has 2 N–H and O–H groups in total. The Hall–Kier alpha value is -0.580. The monoisotopic (exact) mass is 318 g/mol. The molecule has 0 saturated carbocycles. The lowest BCUT2D eigenvalue weighted by Crippen LogP contribution is -2.37. The van der Waals surface area contributed by atoms with Gasteiger partial charge in [0, 0.05) is 16.7 Å². The molecule has 1 saturated heterocycles. The highest BCUT2D eigenvalue weighted by molar-refractivity contribution is 9.10. The van der Waals surface area contributed by atoms with E-state index < -0.39 is 0 Å². The third-order valence-corrected chi connectivity index (χ3v) is 3.25. The van der Waals surface area contributed by atoms with Gasteiger partial charge in [-0.25, -0.2) is 0 Å². The SMILES string of the molecule is Cl.O=C(Nc1cccc(Br)c1)[C@@H]1CCCNC1. The van der Waals surface area contributed by atoms with Crippen LogP contribution in [0.3, 0.4) is 0 Å². The first kappa shape index (κ1) is 14.5. The molecule has 1 fully saturated rings. The van der Waals surface area contributed by atoms with E-state index >= 15 is 0 Å². The topological polar surface area (TPSA) is 41.1 Å². The van der Waals surface area contributed by atoms with Gasteiger partial charge in [-0.15, -0.1) is 12.4 Å². The maximum absolute atomic E-state index is 11.9. The largest absolute Gasteiger partial charge is 0.326 e. The molecule has 94 valence electrons. The normalized spacial score (nSPS) is 19.2. The smallest absolute Gasteiger partial charge is 0.228 e. The molecule has 1 amide bonds. The van der Waals surface area contributed by atoms with Gasteiger partial charge in [0.05, 0.1) is 5.92 Å². The van der Waals surface area contributed by atoms with Gasteiger partial charge < -0.3 is 10.6 Å². The van der Waals surface area contributed by atoms with Crippen LogP contribution in [-0.2, 0) is 4.79 Å². The first-order valence-electron chi connectivity index (χ1n) is 5.53. The molecule has 1 aromatic rings. The summed E-state index contributed by atoms with van der Waals surface area (Å²) in [5, 5.41) is 6.19. The quantitative estimate of drug-likeness (QED) is 0.880. The minimum Gasteiger partial charge on any atom is -0.326 e. The molecule has 0 unspecified atom stereocenters. The number of piperidine rings is 1. The van der Waals surface area contributed by atoms with E-state index in [-0.39, 0.29) is 24.2 Å². The average Bonchev–Trinajstić information content (AvgIpc) is 2.30. The van der Waals surface area contributed by atoms with Crippen molar-refractivity contribution in [1.82, 2.24) is 5.32 Å². The molecule has 3 nitrogen and oxygen atoms in total. The van der Waals surface area contributed by atoms with Gasteiger partial charge in [0.15, 0.2) is 0 Å². The van der Waals surface area contributed by atoms with E-state index in [1.807, 2.05) is 24.3 Å². The predicted molar refractivity (Wildman–Crippen MR) is 75.6 cm³/mol. The van der Waals surface area contributed by atoms with Crippen molar-refractivity contribution in [3.8, 4) is 0 Å². The zero-order valence-corrected chi connectivity index (χ0v) is 11.8. The standard InChI is InChI=1S/C12H15BrN2O.ClH/c13-10-4-1-5-11(7-10)15-12(16)9-3-2-6-14-8-9;/h1,4-5,7,9,14H,2-3,6,8H2,(H,15,16);1H/t9-;/m1./s1. The molecule has 2 rings (SSSR count). The van der Waals surface area contributed by atoms with Gasteiger partial charge in [0.2, 0.25) is 5.91 Å². The maximum atomic E-state index is 11.9. The molecule has 0 spiro atoms. The van der Waals surface area contributed by atoms with Crippen LogP contribution in [0.4, 0.5) is 5.69 Å². The van der Waals surface area contributed by atoms with Crippen molar-refractivity contribution >= 4 is 39.9 Å². The second-order valence-corrected chi connectivity index (χ2v) is 4.96. The molecule has 0 aromatic heterocycles. The van der Waals surface area contributed by atoms with E-state index in [4.69, 9.17) is 0 Å². The van der Waals surface area contributed by atoms with Crippen LogP contribution in [0.2, 0.25) is 0 Å². The van der Waals surface area contributed by atoms with Crippen molar-refractivity contribution in [2.45, 2.75) is 12.8 Å². The van der Waals surface area contributed by atoms with Crippen molar-refractivity contribution in [3.63, 3.8) is 0 Å². The van der Waals surface area contributed by atoms with Crippen molar-refractivity contribution in [2.75, 3.05) is 18.4 Å². The molecular formula is C12H16BrClN2O. The molecule has 0 radical (unpaired) electrons. The fourth-order valence-corrected chi connectivity index (χ4v) is 2.29. The molecular weight excluding hydrogens is 304 g/mol. The van der Waals surface area contributed by atoms with Gasteiger partial charge >= 0.3 is 0 Å². The van der Waals surface area contributed by atoms with Crippen LogP contribution >= 0.6 is 28.3 Å². The Morgan fingerprint density at radius 1 is 1.47 bits per heavy atom. The molecule has 17 heavy (non-hydrogen) atoms. The van der Waals surface area contributed by atoms with Gasteiger partial charge in [0.1, 0.15) is 0 Å². The third kappa shape index (κ3) is 4.30. The zero-order chi connectivity index (χ0) is 11.4. The van der Waals surface area contributed by atoms with Crippen LogP contribution in [0.15, 0.2) is 28.7 Å². The number of nitrogens with one attached hydrogen (secondary N) is 2. The summed E-state index contributed by atoms with van der Waals surface area (Å²) in [6, 6.07) is 7.67. The molecule has 5 heteroatoms. The van der Waals surface area contributed by atoms with Crippen molar-refractivity contribution < 1.29 is 4.79 Å². The van der Waals surface area contributed by atoms with E-state index in [9.17, 15) is 4.79 Å². The van der Waals surface area contributed by atoms with Crippen LogP contribution in [0.5, 0.6) is 0 Å². The lowest BCUT2D eigenvalue weighted by Gasteiger charge is -2.21. The Bertz CT molecular complexity index is 381. The van der Waals surface area contributed by atoms with Gasteiger partial charge in [0.25, 0.3) is 0 Å². The molecule has 1 atom stereocenters. The van der Waals surface area contributed by atoms with Crippen LogP contribution in [0.1, 0.15) is 12.8 Å². The van der Waals surface area contributed by atoms with Crippen LogP contribution < -0.4 is 10.6 Å². The summed E-state index contributed by atoms with van der Waals surface area (Å²) in [6.45, 7) is 1.82. The average molecular weight is 320 g/mol. The minimum atomic E-state index is 0. The summed E-state index contributed by atoms with van der Waals surface area (Å²) in [5.74, 6) is 0.220. The van der Waals surface area contributed by atoms with Gasteiger partial charge in [-0.3, -0.25) is 4.79 Å². The second-order valence-electron chi connectivity index (χ2n) is 4.04. The van der Waals surface area contributed by atoms with E-state index in [1.54, 1.807) is 0 Å². The van der Waals surface area contributed by atoms with E-state index in [2.05, 4.69) is 26.6 Å². The van der Waals surface area contributed by atoms with Crippen LogP contribution in [-0.4, -0.2) is 19.0 Å². The summed E-state index contributed by atoms with van der Waals surface area (Å²) in [5.41, 5.74) is 0.852. The lowest BCUT2D eigenvalue weighted by molar-refractivity contribution is -0.120. The highest BCUT2D eigenvalue weighted by atomic mass is 79.9. The highest BCUT2D eigenvalue weighted by Crippen LogP contribution is 2.18. The lowest BCUT2D eigenvalue weighted by atomic mass is 9.99. The Balaban J connectivity index is 0.00000144. The minimum absolute atomic E-state index is 0. The van der Waals surface area contributed by atoms with E-state index in [1.165, 1.54) is 0 Å². The van der Waals surface area contributed by atoms with Gasteiger partial charge in [-0.05, 0) is 37.6 Å². The third-order valence-electron chi connectivity index (χ3n) is 2.76. The summed E-state index contributed by atoms with van der Waals surface area (Å²) in [6.07, 6.45) is 2.06. The van der Waals surface area contributed by atoms with Crippen molar-refractivity contribution in [2.24, 2.45) is 5.92 Å². The van der Waals surface area contributed by atoms with Crippen molar-refractivity contribution in [3.05, 3.63) is 28.7 Å². The Morgan fingerprint density at radius 2 is 2.29 bits per heavy atom. The number of hydrogen-bond acceptors (Lipinski definition) is 2. The number of carbonyl (C=O) groups excluding carboxylic acids is 1. The first-order valence-corrected chi connectivity index (χ1v) is 6.32. The zero-order valence-electron chi connectivity index (χ0n) is 9.41. The number of benzene rings is 1. The number of rotatable bonds is 2.